The van der Waals surface area contributed by atoms with Crippen LogP contribution in [0.3, 0.4) is 0 Å². The van der Waals surface area contributed by atoms with Crippen LogP contribution >= 0.6 is 12.4 Å². The first-order valence-corrected chi connectivity index (χ1v) is 8.03. The second kappa shape index (κ2) is 13.2. The van der Waals surface area contributed by atoms with Crippen LogP contribution in [-0.2, 0) is 6.42 Å². The van der Waals surface area contributed by atoms with E-state index in [0.29, 0.717) is 0 Å². The highest BCUT2D eigenvalue weighted by atomic mass is 35.5. The first kappa shape index (κ1) is 19.2. The van der Waals surface area contributed by atoms with Crippen LogP contribution in [0.2, 0.25) is 0 Å². The third kappa shape index (κ3) is 9.19. The van der Waals surface area contributed by atoms with E-state index < -0.39 is 0 Å². The molecule has 0 atom stereocenters. The van der Waals surface area contributed by atoms with Crippen LogP contribution in [0, 0.1) is 0 Å². The molecule has 0 amide bonds. The van der Waals surface area contributed by atoms with E-state index in [1.54, 1.807) is 6.08 Å². The van der Waals surface area contributed by atoms with Gasteiger partial charge in [0.25, 0.3) is 0 Å². The van der Waals surface area contributed by atoms with Crippen molar-refractivity contribution in [3.63, 3.8) is 0 Å². The standard InChI is InChI=1S/C17H30N2.ClH/c1-3-5-6-7-8-9-10-11-12-13-14-16-15-18-17(4-2)19-16;/h4,15H,2-3,5-14H2,1H3,(H,18,19);1H. The van der Waals surface area contributed by atoms with Crippen LogP contribution in [0.25, 0.3) is 6.08 Å². The van der Waals surface area contributed by atoms with Crippen molar-refractivity contribution in [3.05, 3.63) is 24.3 Å². The Morgan fingerprint density at radius 2 is 1.55 bits per heavy atom. The van der Waals surface area contributed by atoms with Crippen LogP contribution in [0.5, 0.6) is 0 Å². The van der Waals surface area contributed by atoms with Gasteiger partial charge >= 0.3 is 0 Å². The molecule has 0 fully saturated rings. The Morgan fingerprint density at radius 3 is 2.05 bits per heavy atom. The fraction of sp³-hybridized carbons (Fsp3) is 0.706. The van der Waals surface area contributed by atoms with E-state index in [2.05, 4.69) is 23.5 Å². The lowest BCUT2D eigenvalue weighted by Gasteiger charge is -2.01. The van der Waals surface area contributed by atoms with Gasteiger partial charge < -0.3 is 4.98 Å². The number of nitrogens with zero attached hydrogens (tertiary/aromatic N) is 1. The van der Waals surface area contributed by atoms with Crippen molar-refractivity contribution in [2.75, 3.05) is 0 Å². The minimum atomic E-state index is 0. The number of unbranched alkanes of at least 4 members (excludes halogenated alkanes) is 9. The number of rotatable bonds is 12. The van der Waals surface area contributed by atoms with Crippen LogP contribution in [-0.4, -0.2) is 9.97 Å². The summed E-state index contributed by atoms with van der Waals surface area (Å²) in [6.07, 6.45) is 18.7. The summed E-state index contributed by atoms with van der Waals surface area (Å²) in [5, 5.41) is 0. The Balaban J connectivity index is 0.00000361. The second-order valence-corrected chi connectivity index (χ2v) is 5.41. The van der Waals surface area contributed by atoms with Gasteiger partial charge in [0, 0.05) is 6.20 Å². The average Bonchev–Trinajstić information content (AvgIpc) is 2.89. The van der Waals surface area contributed by atoms with Gasteiger partial charge in [-0.1, -0.05) is 71.3 Å². The van der Waals surface area contributed by atoms with E-state index in [-0.39, 0.29) is 12.4 Å². The molecule has 1 rings (SSSR count). The second-order valence-electron chi connectivity index (χ2n) is 5.41. The van der Waals surface area contributed by atoms with E-state index in [1.807, 2.05) is 6.20 Å². The Kier molecular flexibility index (Phi) is 12.7. The highest BCUT2D eigenvalue weighted by Gasteiger charge is 1.98. The molecule has 1 aromatic rings. The summed E-state index contributed by atoms with van der Waals surface area (Å²) in [7, 11) is 0. The molecule has 2 nitrogen and oxygen atoms in total. The molecule has 0 saturated heterocycles. The zero-order chi connectivity index (χ0) is 13.8. The van der Waals surface area contributed by atoms with E-state index in [4.69, 9.17) is 0 Å². The zero-order valence-corrected chi connectivity index (χ0v) is 13.8. The number of hydrogen-bond donors (Lipinski definition) is 1. The number of halogens is 1. The molecular formula is C17H31ClN2. The number of nitrogens with one attached hydrogen (secondary N) is 1. The maximum atomic E-state index is 4.43. The van der Waals surface area contributed by atoms with E-state index in [9.17, 15) is 0 Å². The first-order valence-electron chi connectivity index (χ1n) is 8.03. The first-order chi connectivity index (χ1) is 9.36. The van der Waals surface area contributed by atoms with Gasteiger partial charge in [-0.2, -0.15) is 0 Å². The molecule has 1 N–H and O–H groups in total. The largest absolute Gasteiger partial charge is 0.345 e. The molecule has 0 aliphatic heterocycles. The number of H-pyrrole nitrogens is 1. The molecule has 1 aromatic heterocycles. The summed E-state index contributed by atoms with van der Waals surface area (Å²) in [6.45, 7) is 5.98. The summed E-state index contributed by atoms with van der Waals surface area (Å²) in [5.41, 5.74) is 1.18. The van der Waals surface area contributed by atoms with Gasteiger partial charge in [0.2, 0.25) is 0 Å². The highest BCUT2D eigenvalue weighted by Crippen LogP contribution is 2.12. The minimum absolute atomic E-state index is 0. The molecule has 20 heavy (non-hydrogen) atoms. The van der Waals surface area contributed by atoms with Gasteiger partial charge in [-0.05, 0) is 18.9 Å². The predicted octanol–water partition coefficient (Wildman–Crippen LogP) is 5.94. The van der Waals surface area contributed by atoms with Gasteiger partial charge in [0.05, 0.1) is 5.69 Å². The van der Waals surface area contributed by atoms with Crippen molar-refractivity contribution in [1.29, 1.82) is 0 Å². The predicted molar refractivity (Wildman–Crippen MR) is 91.5 cm³/mol. The van der Waals surface area contributed by atoms with E-state index >= 15 is 0 Å². The van der Waals surface area contributed by atoms with Gasteiger partial charge in [-0.3, -0.25) is 0 Å². The third-order valence-corrected chi connectivity index (χ3v) is 3.63. The quantitative estimate of drug-likeness (QED) is 0.475. The summed E-state index contributed by atoms with van der Waals surface area (Å²) >= 11 is 0. The lowest BCUT2D eigenvalue weighted by Crippen LogP contribution is -1.87. The Bertz CT molecular complexity index is 333. The molecule has 0 spiro atoms. The number of aromatic nitrogens is 2. The fourth-order valence-corrected chi connectivity index (χ4v) is 2.40. The maximum absolute atomic E-state index is 4.43. The molecule has 0 aliphatic rings. The van der Waals surface area contributed by atoms with Crippen molar-refractivity contribution < 1.29 is 0 Å². The van der Waals surface area contributed by atoms with Crippen LogP contribution in [0.15, 0.2) is 12.8 Å². The summed E-state index contributed by atoms with van der Waals surface area (Å²) < 4.78 is 0. The summed E-state index contributed by atoms with van der Waals surface area (Å²) in [6, 6.07) is 0. The smallest absolute Gasteiger partial charge is 0.129 e. The van der Waals surface area contributed by atoms with Gasteiger partial charge in [-0.15, -0.1) is 12.4 Å². The normalized spacial score (nSPS) is 10.2. The van der Waals surface area contributed by atoms with E-state index in [0.717, 1.165) is 12.2 Å². The van der Waals surface area contributed by atoms with Gasteiger partial charge in [0.15, 0.2) is 0 Å². The molecule has 0 saturated carbocycles. The molecule has 0 aliphatic carbocycles. The molecule has 0 aromatic carbocycles. The molecular weight excluding hydrogens is 268 g/mol. The average molecular weight is 299 g/mol. The topological polar surface area (TPSA) is 28.7 Å². The fourth-order valence-electron chi connectivity index (χ4n) is 2.40. The Morgan fingerprint density at radius 1 is 1.00 bits per heavy atom. The van der Waals surface area contributed by atoms with Gasteiger partial charge in [0.1, 0.15) is 5.82 Å². The summed E-state index contributed by atoms with van der Waals surface area (Å²) in [5.74, 6) is 0.891. The monoisotopic (exact) mass is 298 g/mol. The van der Waals surface area contributed by atoms with Crippen molar-refractivity contribution in [3.8, 4) is 0 Å². The lowest BCUT2D eigenvalue weighted by molar-refractivity contribution is 0.555. The van der Waals surface area contributed by atoms with Crippen LogP contribution in [0.1, 0.15) is 82.7 Å². The van der Waals surface area contributed by atoms with Crippen molar-refractivity contribution >= 4 is 18.5 Å². The number of aromatic amines is 1. The number of imidazole rings is 1. The van der Waals surface area contributed by atoms with Crippen LogP contribution < -0.4 is 0 Å². The van der Waals surface area contributed by atoms with E-state index in [1.165, 1.54) is 69.9 Å². The molecule has 0 radical (unpaired) electrons. The van der Waals surface area contributed by atoms with Gasteiger partial charge in [-0.25, -0.2) is 4.98 Å². The van der Waals surface area contributed by atoms with Crippen molar-refractivity contribution in [2.24, 2.45) is 0 Å². The third-order valence-electron chi connectivity index (χ3n) is 3.63. The maximum Gasteiger partial charge on any atom is 0.129 e. The Labute approximate surface area is 130 Å². The molecule has 1 heterocycles. The van der Waals surface area contributed by atoms with Crippen LogP contribution in [0.4, 0.5) is 0 Å². The number of hydrogen-bond acceptors (Lipinski definition) is 1. The highest BCUT2D eigenvalue weighted by molar-refractivity contribution is 5.85. The molecule has 3 heteroatoms. The van der Waals surface area contributed by atoms with Crippen molar-refractivity contribution in [2.45, 2.75) is 77.6 Å². The van der Waals surface area contributed by atoms with Crippen molar-refractivity contribution in [1.82, 2.24) is 9.97 Å². The molecule has 0 bridgehead atoms. The SMILES string of the molecule is C=Cc1nc(CCCCCCCCCCCC)c[nH]1.Cl. The Hall–Kier alpha value is -0.760. The minimum Gasteiger partial charge on any atom is -0.345 e. The summed E-state index contributed by atoms with van der Waals surface area (Å²) in [4.78, 5) is 7.54. The number of aryl methyl sites for hydroxylation is 1. The molecule has 0 unspecified atom stereocenters. The molecule has 116 valence electrons. The lowest BCUT2D eigenvalue weighted by atomic mass is 10.1. The zero-order valence-electron chi connectivity index (χ0n) is 13.0.